The predicted octanol–water partition coefficient (Wildman–Crippen LogP) is 9.61. The van der Waals surface area contributed by atoms with Gasteiger partial charge in [0, 0.05) is 15.9 Å². The van der Waals surface area contributed by atoms with Crippen LogP contribution >= 0.6 is 7.14 Å². The van der Waals surface area contributed by atoms with Crippen molar-refractivity contribution in [3.8, 4) is 11.1 Å². The number of benzene rings is 8. The summed E-state index contributed by atoms with van der Waals surface area (Å²) in [5.74, 6) is 0. The Balaban J connectivity index is 1.42. The fourth-order valence-corrected chi connectivity index (χ4v) is 9.16. The van der Waals surface area contributed by atoms with Crippen molar-refractivity contribution < 1.29 is 4.57 Å². The van der Waals surface area contributed by atoms with Crippen LogP contribution in [0.4, 0.5) is 0 Å². The van der Waals surface area contributed by atoms with E-state index < -0.39 is 7.14 Å². The van der Waals surface area contributed by atoms with Crippen LogP contribution in [0.15, 0.2) is 164 Å². The summed E-state index contributed by atoms with van der Waals surface area (Å²) in [6, 6.07) is 56.8. The van der Waals surface area contributed by atoms with Gasteiger partial charge in [0.1, 0.15) is 0 Å². The molecule has 0 amide bonds. The molecule has 0 saturated heterocycles. The van der Waals surface area contributed by atoms with E-state index in [2.05, 4.69) is 103 Å². The first-order valence-electron chi connectivity index (χ1n) is 14.3. The second-order valence-corrected chi connectivity index (χ2v) is 13.6. The molecule has 8 rings (SSSR count). The van der Waals surface area contributed by atoms with E-state index in [4.69, 9.17) is 0 Å². The number of fused-ring (bicyclic) bond motifs is 6. The fourth-order valence-electron chi connectivity index (χ4n) is 6.51. The smallest absolute Gasteiger partial charge is 0.171 e. The average Bonchev–Trinajstić information content (AvgIpc) is 3.07. The largest absolute Gasteiger partial charge is 0.309 e. The van der Waals surface area contributed by atoms with Crippen LogP contribution in [0.5, 0.6) is 0 Å². The maximum absolute atomic E-state index is 15.0. The van der Waals surface area contributed by atoms with Gasteiger partial charge in [0.2, 0.25) is 0 Å². The van der Waals surface area contributed by atoms with Crippen molar-refractivity contribution in [1.82, 2.24) is 0 Å². The van der Waals surface area contributed by atoms with Crippen LogP contribution in [0.3, 0.4) is 0 Å². The van der Waals surface area contributed by atoms with E-state index in [0.717, 1.165) is 21.5 Å². The van der Waals surface area contributed by atoms with E-state index in [1.165, 1.54) is 48.7 Å². The van der Waals surface area contributed by atoms with Crippen molar-refractivity contribution >= 4 is 66.1 Å². The Morgan fingerprint density at radius 3 is 1.52 bits per heavy atom. The summed E-state index contributed by atoms with van der Waals surface area (Å²) in [4.78, 5) is 0. The molecule has 8 aromatic carbocycles. The summed E-state index contributed by atoms with van der Waals surface area (Å²) >= 11 is 0. The third kappa shape index (κ3) is 3.82. The van der Waals surface area contributed by atoms with E-state index in [-0.39, 0.29) is 0 Å². The molecule has 0 saturated carbocycles. The first-order chi connectivity index (χ1) is 20.7. The molecule has 0 bridgehead atoms. The maximum atomic E-state index is 15.0. The molecule has 1 nitrogen and oxygen atoms in total. The molecule has 0 aliphatic carbocycles. The van der Waals surface area contributed by atoms with E-state index in [1.54, 1.807) is 0 Å². The Hall–Kier alpha value is -4.97. The third-order valence-electron chi connectivity index (χ3n) is 8.51. The fraction of sp³-hybridized carbons (Fsp3) is 0. The van der Waals surface area contributed by atoms with Crippen molar-refractivity contribution in [2.75, 3.05) is 0 Å². The zero-order valence-corrected chi connectivity index (χ0v) is 23.8. The van der Waals surface area contributed by atoms with Crippen LogP contribution in [0.2, 0.25) is 0 Å². The van der Waals surface area contributed by atoms with Crippen LogP contribution in [-0.4, -0.2) is 0 Å². The lowest BCUT2D eigenvalue weighted by atomic mass is 9.87. The molecule has 0 spiro atoms. The monoisotopic (exact) mass is 554 g/mol. The van der Waals surface area contributed by atoms with E-state index >= 15 is 4.57 Å². The van der Waals surface area contributed by atoms with Gasteiger partial charge in [-0.1, -0.05) is 158 Å². The summed E-state index contributed by atoms with van der Waals surface area (Å²) in [7, 11) is -3.06. The minimum atomic E-state index is -3.06. The molecule has 42 heavy (non-hydrogen) atoms. The average molecular weight is 555 g/mol. The van der Waals surface area contributed by atoms with Gasteiger partial charge in [-0.25, -0.2) is 0 Å². The highest BCUT2D eigenvalue weighted by atomic mass is 31.2. The summed E-state index contributed by atoms with van der Waals surface area (Å²) in [6.45, 7) is 0. The molecule has 2 heteroatoms. The standard InChI is InChI=1S/C40H27OP/c41-42(32-13-3-1-4-14-32,33-15-5-2-6-16-33)34-24-21-30(22-25-34)39-37-26-23-28-11-7-9-17-35(28)38(37)27-31-20-19-29-12-8-10-18-36(29)40(31)39/h1-27H. The minimum absolute atomic E-state index is 0.837. The molecular weight excluding hydrogens is 527 g/mol. The van der Waals surface area contributed by atoms with Crippen LogP contribution in [0.1, 0.15) is 0 Å². The predicted molar refractivity (Wildman–Crippen MR) is 181 cm³/mol. The molecule has 0 N–H and O–H groups in total. The molecular formula is C40H27OP. The highest BCUT2D eigenvalue weighted by molar-refractivity contribution is 7.85. The van der Waals surface area contributed by atoms with Gasteiger partial charge < -0.3 is 4.57 Å². The Bertz CT molecular complexity index is 2260. The van der Waals surface area contributed by atoms with Crippen LogP contribution in [-0.2, 0) is 4.57 Å². The molecule has 0 fully saturated rings. The minimum Gasteiger partial charge on any atom is -0.309 e. The molecule has 0 aromatic heterocycles. The maximum Gasteiger partial charge on any atom is 0.171 e. The Labute approximate surface area is 245 Å². The van der Waals surface area contributed by atoms with E-state index in [1.807, 2.05) is 60.7 Å². The molecule has 8 aromatic rings. The molecule has 0 heterocycles. The normalized spacial score (nSPS) is 11.9. The van der Waals surface area contributed by atoms with Crippen molar-refractivity contribution in [3.63, 3.8) is 0 Å². The molecule has 0 aliphatic heterocycles. The second-order valence-electron chi connectivity index (χ2n) is 10.8. The summed E-state index contributed by atoms with van der Waals surface area (Å²) in [5.41, 5.74) is 2.33. The van der Waals surface area contributed by atoms with Gasteiger partial charge in [-0.3, -0.25) is 0 Å². The Morgan fingerprint density at radius 1 is 0.357 bits per heavy atom. The third-order valence-corrected chi connectivity index (χ3v) is 11.6. The SMILES string of the molecule is O=P(c1ccccc1)(c1ccccc1)c1ccc(-c2c3ccc4ccccc4c3cc3ccc4ccccc4c23)cc1. The lowest BCUT2D eigenvalue weighted by molar-refractivity contribution is 0.592. The first kappa shape index (κ1) is 24.8. The topological polar surface area (TPSA) is 17.1 Å². The summed E-state index contributed by atoms with van der Waals surface area (Å²) in [6.07, 6.45) is 0. The van der Waals surface area contributed by atoms with Crippen LogP contribution in [0, 0.1) is 0 Å². The van der Waals surface area contributed by atoms with Gasteiger partial charge in [-0.15, -0.1) is 0 Å². The van der Waals surface area contributed by atoms with E-state index in [9.17, 15) is 0 Å². The number of hydrogen-bond donors (Lipinski definition) is 0. The zero-order valence-electron chi connectivity index (χ0n) is 22.9. The van der Waals surface area contributed by atoms with Gasteiger partial charge in [-0.05, 0) is 60.3 Å². The van der Waals surface area contributed by atoms with Crippen LogP contribution < -0.4 is 15.9 Å². The first-order valence-corrected chi connectivity index (χ1v) is 16.0. The van der Waals surface area contributed by atoms with Crippen molar-refractivity contribution in [1.29, 1.82) is 0 Å². The molecule has 0 atom stereocenters. The van der Waals surface area contributed by atoms with Crippen molar-refractivity contribution in [2.45, 2.75) is 0 Å². The highest BCUT2D eigenvalue weighted by Crippen LogP contribution is 2.45. The van der Waals surface area contributed by atoms with Gasteiger partial charge in [0.15, 0.2) is 7.14 Å². The molecule has 0 aliphatic rings. The van der Waals surface area contributed by atoms with Gasteiger partial charge >= 0.3 is 0 Å². The van der Waals surface area contributed by atoms with Crippen LogP contribution in [0.25, 0.3) is 54.2 Å². The van der Waals surface area contributed by atoms with Gasteiger partial charge in [-0.2, -0.15) is 0 Å². The lowest BCUT2D eigenvalue weighted by Crippen LogP contribution is -2.24. The van der Waals surface area contributed by atoms with Crippen molar-refractivity contribution in [2.24, 2.45) is 0 Å². The molecule has 0 radical (unpaired) electrons. The van der Waals surface area contributed by atoms with Crippen molar-refractivity contribution in [3.05, 3.63) is 164 Å². The number of rotatable bonds is 4. The summed E-state index contributed by atoms with van der Waals surface area (Å²) in [5, 5.41) is 12.4. The summed E-state index contributed by atoms with van der Waals surface area (Å²) < 4.78 is 15.0. The Kier molecular flexibility index (Phi) is 5.81. The van der Waals surface area contributed by atoms with Gasteiger partial charge in [0.05, 0.1) is 0 Å². The number of hydrogen-bond acceptors (Lipinski definition) is 1. The molecule has 198 valence electrons. The highest BCUT2D eigenvalue weighted by Gasteiger charge is 2.29. The zero-order chi connectivity index (χ0) is 28.1. The second kappa shape index (κ2) is 9.84. The lowest BCUT2D eigenvalue weighted by Gasteiger charge is -2.21. The Morgan fingerprint density at radius 2 is 0.857 bits per heavy atom. The van der Waals surface area contributed by atoms with E-state index in [0.29, 0.717) is 0 Å². The quantitative estimate of drug-likeness (QED) is 0.120. The molecule has 0 unspecified atom stereocenters. The van der Waals surface area contributed by atoms with Gasteiger partial charge in [0.25, 0.3) is 0 Å².